The third-order valence-electron chi connectivity index (χ3n) is 3.49. The van der Waals surface area contributed by atoms with Crippen molar-refractivity contribution < 1.29 is 14.6 Å². The Hall–Kier alpha value is -1.65. The number of nitriles is 1. The lowest BCUT2D eigenvalue weighted by Crippen LogP contribution is -2.41. The van der Waals surface area contributed by atoms with E-state index in [4.69, 9.17) is 15.1 Å². The molecule has 0 saturated carbocycles. The standard InChI is InChI=1S/C12H13N3O3S/c13-5-7-6-15(3-4-18-7)12-14-10-8(11(16)17)1-2-9(10)19-12/h7-8H,1-4,6H2,(H,16,17). The molecule has 0 amide bonds. The third-order valence-corrected chi connectivity index (χ3v) is 4.68. The van der Waals surface area contributed by atoms with E-state index in [9.17, 15) is 4.79 Å². The number of hydrogen-bond donors (Lipinski definition) is 1. The van der Waals surface area contributed by atoms with E-state index in [2.05, 4.69) is 11.1 Å². The number of morpholine rings is 1. The summed E-state index contributed by atoms with van der Waals surface area (Å²) < 4.78 is 5.30. The molecular weight excluding hydrogens is 266 g/mol. The number of aliphatic carboxylic acids is 1. The fourth-order valence-electron chi connectivity index (χ4n) is 2.49. The van der Waals surface area contributed by atoms with E-state index in [1.54, 1.807) is 11.3 Å². The van der Waals surface area contributed by atoms with Crippen molar-refractivity contribution in [1.29, 1.82) is 5.26 Å². The Morgan fingerprint density at radius 2 is 2.47 bits per heavy atom. The van der Waals surface area contributed by atoms with Gasteiger partial charge in [-0.15, -0.1) is 11.3 Å². The summed E-state index contributed by atoms with van der Waals surface area (Å²) in [5.74, 6) is -1.26. The minimum Gasteiger partial charge on any atom is -0.481 e. The van der Waals surface area contributed by atoms with Gasteiger partial charge >= 0.3 is 5.97 Å². The minimum atomic E-state index is -0.799. The van der Waals surface area contributed by atoms with Crippen LogP contribution >= 0.6 is 11.3 Å². The van der Waals surface area contributed by atoms with Crippen LogP contribution in [0.5, 0.6) is 0 Å². The fraction of sp³-hybridized carbons (Fsp3) is 0.583. The Bertz CT molecular complexity index is 551. The van der Waals surface area contributed by atoms with Crippen molar-refractivity contribution in [3.05, 3.63) is 10.6 Å². The number of rotatable bonds is 2. The lowest BCUT2D eigenvalue weighted by Gasteiger charge is -2.29. The van der Waals surface area contributed by atoms with E-state index < -0.39 is 18.0 Å². The molecule has 6 nitrogen and oxygen atoms in total. The minimum absolute atomic E-state index is 0.428. The Morgan fingerprint density at radius 3 is 3.21 bits per heavy atom. The van der Waals surface area contributed by atoms with Gasteiger partial charge in [0.15, 0.2) is 11.2 Å². The highest BCUT2D eigenvalue weighted by atomic mass is 32.1. The van der Waals surface area contributed by atoms with Crippen LogP contribution in [0.2, 0.25) is 0 Å². The van der Waals surface area contributed by atoms with Crippen molar-refractivity contribution in [3.8, 4) is 6.07 Å². The maximum absolute atomic E-state index is 11.1. The highest BCUT2D eigenvalue weighted by Gasteiger charge is 2.34. The first kappa shape index (κ1) is 12.4. The largest absolute Gasteiger partial charge is 0.481 e. The van der Waals surface area contributed by atoms with Crippen molar-refractivity contribution in [1.82, 2.24) is 4.98 Å². The zero-order valence-corrected chi connectivity index (χ0v) is 11.0. The van der Waals surface area contributed by atoms with Crippen LogP contribution in [0.1, 0.15) is 22.9 Å². The van der Waals surface area contributed by atoms with Crippen molar-refractivity contribution >= 4 is 22.4 Å². The van der Waals surface area contributed by atoms with Gasteiger partial charge in [0.2, 0.25) is 0 Å². The fourth-order valence-corrected chi connectivity index (χ4v) is 3.66. The summed E-state index contributed by atoms with van der Waals surface area (Å²) >= 11 is 1.55. The molecule has 0 aromatic carbocycles. The van der Waals surface area contributed by atoms with E-state index >= 15 is 0 Å². The number of carboxylic acid groups (broad SMARTS) is 1. The van der Waals surface area contributed by atoms with Crippen LogP contribution in [0, 0.1) is 11.3 Å². The molecule has 0 radical (unpaired) electrons. The van der Waals surface area contributed by atoms with Crippen LogP contribution in [-0.4, -0.2) is 41.9 Å². The molecule has 1 N–H and O–H groups in total. The lowest BCUT2D eigenvalue weighted by molar-refractivity contribution is -0.138. The van der Waals surface area contributed by atoms with Gasteiger partial charge in [-0.2, -0.15) is 5.26 Å². The van der Waals surface area contributed by atoms with Crippen molar-refractivity contribution in [3.63, 3.8) is 0 Å². The first-order chi connectivity index (χ1) is 9.19. The van der Waals surface area contributed by atoms with Crippen molar-refractivity contribution in [2.24, 2.45) is 0 Å². The van der Waals surface area contributed by atoms with Crippen LogP contribution in [0.25, 0.3) is 0 Å². The average molecular weight is 279 g/mol. The van der Waals surface area contributed by atoms with Gasteiger partial charge in [0, 0.05) is 11.4 Å². The Kier molecular flexibility index (Phi) is 3.12. The van der Waals surface area contributed by atoms with E-state index in [1.807, 2.05) is 4.90 Å². The summed E-state index contributed by atoms with van der Waals surface area (Å²) in [6.07, 6.45) is 1.01. The molecule has 19 heavy (non-hydrogen) atoms. The summed E-state index contributed by atoms with van der Waals surface area (Å²) in [5, 5.41) is 18.9. The second-order valence-electron chi connectivity index (χ2n) is 4.67. The van der Waals surface area contributed by atoms with Crippen LogP contribution in [0.15, 0.2) is 0 Å². The Morgan fingerprint density at radius 1 is 1.63 bits per heavy atom. The molecule has 2 heterocycles. The number of carboxylic acids is 1. The van der Waals surface area contributed by atoms with E-state index in [-0.39, 0.29) is 0 Å². The van der Waals surface area contributed by atoms with Gasteiger partial charge in [-0.25, -0.2) is 4.98 Å². The van der Waals surface area contributed by atoms with Gasteiger partial charge in [0.05, 0.1) is 24.9 Å². The zero-order valence-electron chi connectivity index (χ0n) is 10.2. The second-order valence-corrected chi connectivity index (χ2v) is 5.73. The topological polar surface area (TPSA) is 86.5 Å². The van der Waals surface area contributed by atoms with Crippen molar-refractivity contribution in [2.75, 3.05) is 24.6 Å². The molecule has 1 aliphatic carbocycles. The maximum Gasteiger partial charge on any atom is 0.312 e. The van der Waals surface area contributed by atoms with E-state index in [0.29, 0.717) is 31.8 Å². The number of nitrogens with zero attached hydrogens (tertiary/aromatic N) is 3. The molecule has 1 saturated heterocycles. The number of aryl methyl sites for hydroxylation is 1. The average Bonchev–Trinajstić information content (AvgIpc) is 2.98. The third kappa shape index (κ3) is 2.17. The van der Waals surface area contributed by atoms with Gasteiger partial charge in [-0.1, -0.05) is 0 Å². The number of thiazole rings is 1. The molecule has 1 aliphatic heterocycles. The highest BCUT2D eigenvalue weighted by Crippen LogP contribution is 2.39. The van der Waals surface area contributed by atoms with Gasteiger partial charge in [-0.05, 0) is 12.8 Å². The number of anilines is 1. The zero-order chi connectivity index (χ0) is 13.4. The predicted molar refractivity (Wildman–Crippen MR) is 68.4 cm³/mol. The van der Waals surface area contributed by atoms with Crippen LogP contribution in [0.3, 0.4) is 0 Å². The SMILES string of the molecule is N#CC1CN(c2nc3c(s2)CCC3C(=O)O)CCO1. The van der Waals surface area contributed by atoms with Crippen LogP contribution in [0.4, 0.5) is 5.13 Å². The van der Waals surface area contributed by atoms with Gasteiger partial charge in [-0.3, -0.25) is 4.79 Å². The predicted octanol–water partition coefficient (Wildman–Crippen LogP) is 0.986. The number of carbonyl (C=O) groups is 1. The monoisotopic (exact) mass is 279 g/mol. The summed E-state index contributed by atoms with van der Waals surface area (Å²) in [6, 6.07) is 2.10. The number of fused-ring (bicyclic) bond motifs is 1. The Labute approximate surface area is 114 Å². The smallest absolute Gasteiger partial charge is 0.312 e. The van der Waals surface area contributed by atoms with Crippen LogP contribution < -0.4 is 4.90 Å². The number of aromatic nitrogens is 1. The van der Waals surface area contributed by atoms with E-state index in [1.165, 1.54) is 0 Å². The van der Waals surface area contributed by atoms with Gasteiger partial charge in [0.25, 0.3) is 0 Å². The summed E-state index contributed by atoms with van der Waals surface area (Å²) in [4.78, 5) is 18.7. The maximum atomic E-state index is 11.1. The Balaban J connectivity index is 1.82. The molecule has 1 aromatic heterocycles. The molecule has 2 aliphatic rings. The molecule has 2 atom stereocenters. The summed E-state index contributed by atoms with van der Waals surface area (Å²) in [5.41, 5.74) is 0.715. The molecule has 100 valence electrons. The molecule has 3 rings (SSSR count). The molecule has 0 spiro atoms. The molecule has 1 aromatic rings. The molecule has 1 fully saturated rings. The summed E-state index contributed by atoms with van der Waals surface area (Å²) in [7, 11) is 0. The number of hydrogen-bond acceptors (Lipinski definition) is 6. The normalized spacial score (nSPS) is 25.9. The summed E-state index contributed by atoms with van der Waals surface area (Å²) in [6.45, 7) is 1.70. The highest BCUT2D eigenvalue weighted by molar-refractivity contribution is 7.15. The van der Waals surface area contributed by atoms with E-state index in [0.717, 1.165) is 16.4 Å². The quantitative estimate of drug-likeness (QED) is 0.868. The first-order valence-electron chi connectivity index (χ1n) is 6.17. The number of ether oxygens (including phenoxy) is 1. The molecule has 7 heteroatoms. The molecule has 2 unspecified atom stereocenters. The first-order valence-corrected chi connectivity index (χ1v) is 6.99. The van der Waals surface area contributed by atoms with Gasteiger partial charge < -0.3 is 14.7 Å². The van der Waals surface area contributed by atoms with Crippen LogP contribution in [-0.2, 0) is 16.0 Å². The lowest BCUT2D eigenvalue weighted by atomic mass is 10.1. The van der Waals surface area contributed by atoms with Gasteiger partial charge in [0.1, 0.15) is 5.92 Å². The van der Waals surface area contributed by atoms with Crippen molar-refractivity contribution in [2.45, 2.75) is 24.9 Å². The second kappa shape index (κ2) is 4.79. The molecular formula is C12H13N3O3S. The molecule has 0 bridgehead atoms.